The smallest absolute Gasteiger partial charge is 0.159 e. The Morgan fingerprint density at radius 1 is 0.447 bits per heavy atom. The highest BCUT2D eigenvalue weighted by atomic mass is 16.3. The molecule has 1 aliphatic rings. The number of rotatable bonds is 5. The van der Waals surface area contributed by atoms with Crippen LogP contribution < -0.4 is 4.90 Å². The van der Waals surface area contributed by atoms with E-state index in [0.29, 0.717) is 0 Å². The van der Waals surface area contributed by atoms with Gasteiger partial charge in [0.25, 0.3) is 0 Å². The lowest BCUT2D eigenvalue weighted by atomic mass is 9.82. The molecule has 0 spiro atoms. The number of furan rings is 1. The van der Waals surface area contributed by atoms with Crippen molar-refractivity contribution in [1.29, 1.82) is 0 Å². The average Bonchev–Trinajstić information content (AvgIpc) is 3.61. The zero-order valence-electron chi connectivity index (χ0n) is 26.4. The molecule has 0 saturated heterocycles. The van der Waals surface area contributed by atoms with Crippen LogP contribution in [-0.4, -0.2) is 0 Å². The van der Waals surface area contributed by atoms with Crippen molar-refractivity contribution in [3.8, 4) is 33.4 Å². The van der Waals surface area contributed by atoms with E-state index in [1.165, 1.54) is 44.5 Å². The maximum Gasteiger partial charge on any atom is 0.159 e. The summed E-state index contributed by atoms with van der Waals surface area (Å²) >= 11 is 0. The van der Waals surface area contributed by atoms with Crippen LogP contribution in [0.1, 0.15) is 25.0 Å². The van der Waals surface area contributed by atoms with E-state index in [1.54, 1.807) is 0 Å². The normalized spacial score (nSPS) is 13.1. The standard InChI is InChI=1S/C45H33NO/c1-45(2)40-18-10-9-16-36(40)38-28-39-37-17-11-19-42(44(37)47-43(39)29-41(38)45)46(34-24-20-32(21-25-34)30-12-5-3-6-13-30)35-26-22-33(23-27-35)31-14-7-4-8-15-31/h3-29H,1-2H3. The highest BCUT2D eigenvalue weighted by molar-refractivity contribution is 6.12. The van der Waals surface area contributed by atoms with Crippen LogP contribution in [0.25, 0.3) is 55.3 Å². The Morgan fingerprint density at radius 2 is 1.00 bits per heavy atom. The fourth-order valence-corrected chi connectivity index (χ4v) is 7.45. The number of nitrogens with zero attached hydrogens (tertiary/aromatic N) is 1. The van der Waals surface area contributed by atoms with Crippen LogP contribution in [0.4, 0.5) is 17.1 Å². The second kappa shape index (κ2) is 10.6. The number of anilines is 3. The first-order valence-corrected chi connectivity index (χ1v) is 16.3. The van der Waals surface area contributed by atoms with E-state index in [4.69, 9.17) is 4.42 Å². The Kier molecular flexibility index (Phi) is 6.20. The van der Waals surface area contributed by atoms with E-state index in [1.807, 2.05) is 0 Å². The van der Waals surface area contributed by atoms with E-state index >= 15 is 0 Å². The van der Waals surface area contributed by atoms with Crippen LogP contribution in [0.5, 0.6) is 0 Å². The van der Waals surface area contributed by atoms with Gasteiger partial charge in [-0.25, -0.2) is 0 Å². The minimum Gasteiger partial charge on any atom is -0.454 e. The predicted molar refractivity (Wildman–Crippen MR) is 197 cm³/mol. The lowest BCUT2D eigenvalue weighted by molar-refractivity contribution is 0.647. The first kappa shape index (κ1) is 27.5. The molecule has 0 unspecified atom stereocenters. The zero-order chi connectivity index (χ0) is 31.5. The monoisotopic (exact) mass is 603 g/mol. The van der Waals surface area contributed by atoms with Crippen LogP contribution in [0, 0.1) is 0 Å². The molecule has 47 heavy (non-hydrogen) atoms. The average molecular weight is 604 g/mol. The van der Waals surface area contributed by atoms with Crippen LogP contribution in [0.15, 0.2) is 168 Å². The predicted octanol–water partition coefficient (Wildman–Crippen LogP) is 12.7. The van der Waals surface area contributed by atoms with Crippen molar-refractivity contribution in [2.24, 2.45) is 0 Å². The fraction of sp³-hybridized carbons (Fsp3) is 0.0667. The molecule has 0 aliphatic heterocycles. The van der Waals surface area contributed by atoms with Crippen LogP contribution in [-0.2, 0) is 5.41 Å². The van der Waals surface area contributed by atoms with Crippen molar-refractivity contribution in [2.45, 2.75) is 19.3 Å². The van der Waals surface area contributed by atoms with Gasteiger partial charge >= 0.3 is 0 Å². The molecule has 0 N–H and O–H groups in total. The second-order valence-corrected chi connectivity index (χ2v) is 13.0. The lowest BCUT2D eigenvalue weighted by Gasteiger charge is -2.26. The molecule has 0 radical (unpaired) electrons. The van der Waals surface area contributed by atoms with E-state index < -0.39 is 0 Å². The van der Waals surface area contributed by atoms with Crippen LogP contribution in [0.3, 0.4) is 0 Å². The van der Waals surface area contributed by atoms with Gasteiger partial charge in [-0.05, 0) is 87.0 Å². The van der Waals surface area contributed by atoms with E-state index in [0.717, 1.165) is 39.0 Å². The third-order valence-corrected chi connectivity index (χ3v) is 9.89. The first-order valence-electron chi connectivity index (χ1n) is 16.3. The molecule has 0 bridgehead atoms. The fourth-order valence-electron chi connectivity index (χ4n) is 7.45. The van der Waals surface area contributed by atoms with Gasteiger partial charge in [0.15, 0.2) is 5.58 Å². The zero-order valence-corrected chi connectivity index (χ0v) is 26.4. The highest BCUT2D eigenvalue weighted by Gasteiger charge is 2.36. The molecule has 7 aromatic carbocycles. The van der Waals surface area contributed by atoms with Crippen LogP contribution >= 0.6 is 0 Å². The minimum absolute atomic E-state index is 0.0883. The topological polar surface area (TPSA) is 16.4 Å². The van der Waals surface area contributed by atoms with Gasteiger partial charge < -0.3 is 9.32 Å². The molecule has 8 aromatic rings. The molecule has 2 nitrogen and oxygen atoms in total. The Labute approximate surface area is 275 Å². The van der Waals surface area contributed by atoms with Gasteiger partial charge in [0.1, 0.15) is 5.58 Å². The Morgan fingerprint density at radius 3 is 1.62 bits per heavy atom. The number of hydrogen-bond acceptors (Lipinski definition) is 2. The second-order valence-electron chi connectivity index (χ2n) is 13.0. The maximum absolute atomic E-state index is 6.87. The van der Waals surface area contributed by atoms with E-state index in [-0.39, 0.29) is 5.41 Å². The summed E-state index contributed by atoms with van der Waals surface area (Å²) in [4.78, 5) is 2.32. The van der Waals surface area contributed by atoms with Crippen molar-refractivity contribution in [2.75, 3.05) is 4.90 Å². The van der Waals surface area contributed by atoms with E-state index in [2.05, 4.69) is 183 Å². The summed E-state index contributed by atoms with van der Waals surface area (Å²) in [5.41, 5.74) is 15.0. The molecule has 9 rings (SSSR count). The summed E-state index contributed by atoms with van der Waals surface area (Å²) in [7, 11) is 0. The molecule has 224 valence electrons. The Hall–Kier alpha value is -5.86. The van der Waals surface area contributed by atoms with Crippen molar-refractivity contribution in [3.63, 3.8) is 0 Å². The SMILES string of the molecule is CC1(C)c2ccccc2-c2cc3c(cc21)oc1c(N(c2ccc(-c4ccccc4)cc2)c2ccc(-c4ccccc4)cc2)cccc13. The van der Waals surface area contributed by atoms with Crippen molar-refractivity contribution >= 4 is 39.0 Å². The molecular formula is C45H33NO. The van der Waals surface area contributed by atoms with Gasteiger partial charge in [-0.2, -0.15) is 0 Å². The van der Waals surface area contributed by atoms with Gasteiger partial charge in [0.2, 0.25) is 0 Å². The number of benzene rings is 7. The van der Waals surface area contributed by atoms with Gasteiger partial charge in [0.05, 0.1) is 5.69 Å². The summed E-state index contributed by atoms with van der Waals surface area (Å²) < 4.78 is 6.87. The van der Waals surface area contributed by atoms with Crippen molar-refractivity contribution in [3.05, 3.63) is 175 Å². The molecule has 1 aromatic heterocycles. The molecule has 2 heteroatoms. The number of para-hydroxylation sites is 1. The molecule has 1 aliphatic carbocycles. The molecule has 0 saturated carbocycles. The van der Waals surface area contributed by atoms with Crippen molar-refractivity contribution < 1.29 is 4.42 Å². The summed E-state index contributed by atoms with van der Waals surface area (Å²) in [6.07, 6.45) is 0. The lowest BCUT2D eigenvalue weighted by Crippen LogP contribution is -2.14. The van der Waals surface area contributed by atoms with Crippen LogP contribution in [0.2, 0.25) is 0 Å². The molecular weight excluding hydrogens is 571 g/mol. The first-order chi connectivity index (χ1) is 23.1. The molecule has 1 heterocycles. The number of fused-ring (bicyclic) bond motifs is 6. The Balaban J connectivity index is 1.22. The van der Waals surface area contributed by atoms with Gasteiger partial charge in [-0.15, -0.1) is 0 Å². The molecule has 0 atom stereocenters. The van der Waals surface area contributed by atoms with Gasteiger partial charge in [-0.1, -0.05) is 135 Å². The molecule has 0 amide bonds. The summed E-state index contributed by atoms with van der Waals surface area (Å²) in [5.74, 6) is 0. The summed E-state index contributed by atoms with van der Waals surface area (Å²) in [6, 6.07) is 58.7. The quantitative estimate of drug-likeness (QED) is 0.195. The van der Waals surface area contributed by atoms with Crippen molar-refractivity contribution in [1.82, 2.24) is 0 Å². The highest BCUT2D eigenvalue weighted by Crippen LogP contribution is 2.51. The van der Waals surface area contributed by atoms with E-state index in [9.17, 15) is 0 Å². The Bertz CT molecular complexity index is 2320. The number of hydrogen-bond donors (Lipinski definition) is 0. The minimum atomic E-state index is -0.0883. The third-order valence-electron chi connectivity index (χ3n) is 9.89. The van der Waals surface area contributed by atoms with Gasteiger partial charge in [0, 0.05) is 27.6 Å². The molecule has 0 fully saturated rings. The largest absolute Gasteiger partial charge is 0.454 e. The summed E-state index contributed by atoms with van der Waals surface area (Å²) in [5, 5.41) is 2.27. The third kappa shape index (κ3) is 4.40. The van der Waals surface area contributed by atoms with Gasteiger partial charge in [-0.3, -0.25) is 0 Å². The summed E-state index contributed by atoms with van der Waals surface area (Å²) in [6.45, 7) is 4.63. The maximum atomic E-state index is 6.87.